The second-order valence-corrected chi connectivity index (χ2v) is 6.02. The molecule has 0 atom stereocenters. The van der Waals surface area contributed by atoms with Gasteiger partial charge >= 0.3 is 0 Å². The van der Waals surface area contributed by atoms with Crippen LogP contribution in [0.5, 0.6) is 0 Å². The predicted molar refractivity (Wildman–Crippen MR) is 81.4 cm³/mol. The number of rotatable bonds is 7. The van der Waals surface area contributed by atoms with E-state index in [2.05, 4.69) is 54.5 Å². The quantitative estimate of drug-likeness (QED) is 0.582. The molecule has 3 heteroatoms. The van der Waals surface area contributed by atoms with E-state index in [-0.39, 0.29) is 0 Å². The lowest BCUT2D eigenvalue weighted by atomic mass is 10.3. The summed E-state index contributed by atoms with van der Waals surface area (Å²) in [6.45, 7) is 5.52. The fraction of sp³-hybridized carbons (Fsp3) is 0.467. The Balaban J connectivity index is 1.70. The maximum absolute atomic E-state index is 3.45. The van der Waals surface area contributed by atoms with Crippen molar-refractivity contribution in [2.45, 2.75) is 37.8 Å². The number of hydrogen-bond acceptors (Lipinski definition) is 2. The molecule has 0 amide bonds. The van der Waals surface area contributed by atoms with Crippen molar-refractivity contribution in [2.75, 3.05) is 12.3 Å². The van der Waals surface area contributed by atoms with Crippen LogP contribution in [-0.4, -0.2) is 23.3 Å². The van der Waals surface area contributed by atoms with E-state index in [4.69, 9.17) is 0 Å². The summed E-state index contributed by atoms with van der Waals surface area (Å²) in [6, 6.07) is 11.3. The average Bonchev–Trinajstić information content (AvgIpc) is 2.75. The van der Waals surface area contributed by atoms with Crippen molar-refractivity contribution >= 4 is 22.7 Å². The van der Waals surface area contributed by atoms with Crippen molar-refractivity contribution in [1.82, 2.24) is 10.3 Å². The van der Waals surface area contributed by atoms with Gasteiger partial charge in [-0.2, -0.15) is 0 Å². The van der Waals surface area contributed by atoms with Gasteiger partial charge in [0.25, 0.3) is 0 Å². The molecule has 0 saturated heterocycles. The first-order chi connectivity index (χ1) is 8.75. The van der Waals surface area contributed by atoms with Crippen LogP contribution in [0, 0.1) is 0 Å². The second-order valence-electron chi connectivity index (χ2n) is 4.89. The number of para-hydroxylation sites is 1. The van der Waals surface area contributed by atoms with E-state index in [1.54, 1.807) is 0 Å². The Kier molecular flexibility index (Phi) is 5.14. The van der Waals surface area contributed by atoms with Gasteiger partial charge in [-0.15, -0.1) is 11.8 Å². The summed E-state index contributed by atoms with van der Waals surface area (Å²) in [5.41, 5.74) is 1.24. The Labute approximate surface area is 114 Å². The number of benzene rings is 1. The van der Waals surface area contributed by atoms with Crippen LogP contribution in [0.2, 0.25) is 0 Å². The fourth-order valence-corrected chi connectivity index (χ4v) is 2.89. The molecule has 0 saturated carbocycles. The first kappa shape index (κ1) is 13.5. The largest absolute Gasteiger partial charge is 0.350 e. The van der Waals surface area contributed by atoms with Gasteiger partial charge in [0.15, 0.2) is 0 Å². The highest BCUT2D eigenvalue weighted by molar-refractivity contribution is 7.99. The molecule has 18 heavy (non-hydrogen) atoms. The van der Waals surface area contributed by atoms with E-state index in [1.807, 2.05) is 11.8 Å². The zero-order valence-electron chi connectivity index (χ0n) is 11.2. The lowest BCUT2D eigenvalue weighted by molar-refractivity contribution is 0.567. The Bertz CT molecular complexity index is 443. The molecule has 2 N–H and O–H groups in total. The second kappa shape index (κ2) is 6.86. The van der Waals surface area contributed by atoms with Crippen molar-refractivity contribution in [3.05, 3.63) is 30.3 Å². The van der Waals surface area contributed by atoms with E-state index in [9.17, 15) is 0 Å². The van der Waals surface area contributed by atoms with Crippen molar-refractivity contribution in [3.63, 3.8) is 0 Å². The number of aromatic amines is 1. The molecule has 2 nitrogen and oxygen atoms in total. The third-order valence-electron chi connectivity index (χ3n) is 2.89. The first-order valence-corrected chi connectivity index (χ1v) is 7.68. The summed E-state index contributed by atoms with van der Waals surface area (Å²) >= 11 is 1.92. The Morgan fingerprint density at radius 1 is 1.22 bits per heavy atom. The van der Waals surface area contributed by atoms with Crippen LogP contribution in [0.25, 0.3) is 10.9 Å². The molecule has 2 rings (SSSR count). The summed E-state index contributed by atoms with van der Waals surface area (Å²) in [5, 5.41) is 6.04. The van der Waals surface area contributed by atoms with Crippen molar-refractivity contribution in [3.8, 4) is 0 Å². The molecule has 0 bridgehead atoms. The molecule has 2 aromatic rings. The number of hydrogen-bond donors (Lipinski definition) is 2. The highest BCUT2D eigenvalue weighted by Gasteiger charge is 2.00. The number of unbranched alkanes of at least 4 members (excludes halogenated alkanes) is 1. The van der Waals surface area contributed by atoms with Crippen molar-refractivity contribution in [2.24, 2.45) is 0 Å². The van der Waals surface area contributed by atoms with Crippen molar-refractivity contribution in [1.29, 1.82) is 0 Å². The van der Waals surface area contributed by atoms with E-state index in [0.717, 1.165) is 6.54 Å². The molecule has 98 valence electrons. The number of fused-ring (bicyclic) bond motifs is 1. The Hall–Kier alpha value is -0.930. The Morgan fingerprint density at radius 3 is 2.83 bits per heavy atom. The minimum Gasteiger partial charge on any atom is -0.350 e. The van der Waals surface area contributed by atoms with E-state index < -0.39 is 0 Å². The molecule has 0 aliphatic heterocycles. The maximum Gasteiger partial charge on any atom is 0.0732 e. The molecule has 0 fully saturated rings. The normalized spacial score (nSPS) is 11.5. The molecule has 1 heterocycles. The monoisotopic (exact) mass is 262 g/mol. The molecule has 0 spiro atoms. The van der Waals surface area contributed by atoms with Gasteiger partial charge in [0.05, 0.1) is 5.03 Å². The summed E-state index contributed by atoms with van der Waals surface area (Å²) in [4.78, 5) is 3.45. The van der Waals surface area contributed by atoms with Gasteiger partial charge in [-0.1, -0.05) is 32.0 Å². The molecule has 0 aliphatic rings. The minimum absolute atomic E-state index is 0.603. The van der Waals surface area contributed by atoms with E-state index >= 15 is 0 Å². The van der Waals surface area contributed by atoms with Crippen LogP contribution in [0.1, 0.15) is 26.7 Å². The molecule has 0 aliphatic carbocycles. The maximum atomic E-state index is 3.45. The van der Waals surface area contributed by atoms with Crippen LogP contribution >= 0.6 is 11.8 Å². The smallest absolute Gasteiger partial charge is 0.0732 e. The van der Waals surface area contributed by atoms with Gasteiger partial charge in [0, 0.05) is 16.9 Å². The zero-order valence-corrected chi connectivity index (χ0v) is 12.0. The summed E-state index contributed by atoms with van der Waals surface area (Å²) in [7, 11) is 0. The highest BCUT2D eigenvalue weighted by atomic mass is 32.2. The lowest BCUT2D eigenvalue weighted by Crippen LogP contribution is -2.23. The average molecular weight is 262 g/mol. The van der Waals surface area contributed by atoms with Gasteiger partial charge < -0.3 is 10.3 Å². The van der Waals surface area contributed by atoms with Crippen LogP contribution in [0.4, 0.5) is 0 Å². The van der Waals surface area contributed by atoms with Gasteiger partial charge in [-0.3, -0.25) is 0 Å². The SMILES string of the molecule is CC(C)NCCCCSc1cc2ccccc2[nH]1. The molecule has 0 unspecified atom stereocenters. The van der Waals surface area contributed by atoms with Crippen LogP contribution in [0.3, 0.4) is 0 Å². The summed E-state index contributed by atoms with van der Waals surface area (Å²) in [6.07, 6.45) is 2.52. The number of aromatic nitrogens is 1. The highest BCUT2D eigenvalue weighted by Crippen LogP contribution is 2.23. The molecule has 1 aromatic heterocycles. The lowest BCUT2D eigenvalue weighted by Gasteiger charge is -2.06. The summed E-state index contributed by atoms with van der Waals surface area (Å²) < 4.78 is 0. The molecular formula is C15H22N2S. The standard InChI is InChI=1S/C15H22N2S/c1-12(2)16-9-5-6-10-18-15-11-13-7-3-4-8-14(13)17-15/h3-4,7-8,11-12,16-17H,5-6,9-10H2,1-2H3. The molecule has 0 radical (unpaired) electrons. The first-order valence-electron chi connectivity index (χ1n) is 6.69. The van der Waals surface area contributed by atoms with Gasteiger partial charge in [-0.25, -0.2) is 0 Å². The number of thioether (sulfide) groups is 1. The molecule has 1 aromatic carbocycles. The minimum atomic E-state index is 0.603. The van der Waals surface area contributed by atoms with Gasteiger partial charge in [0.2, 0.25) is 0 Å². The van der Waals surface area contributed by atoms with Gasteiger partial charge in [-0.05, 0) is 37.3 Å². The van der Waals surface area contributed by atoms with Gasteiger partial charge in [0.1, 0.15) is 0 Å². The number of nitrogens with one attached hydrogen (secondary N) is 2. The van der Waals surface area contributed by atoms with E-state index in [1.165, 1.54) is 34.5 Å². The van der Waals surface area contributed by atoms with Crippen molar-refractivity contribution < 1.29 is 0 Å². The van der Waals surface area contributed by atoms with Crippen LogP contribution in [0.15, 0.2) is 35.4 Å². The zero-order chi connectivity index (χ0) is 12.8. The topological polar surface area (TPSA) is 27.8 Å². The third kappa shape index (κ3) is 4.07. The summed E-state index contributed by atoms with van der Waals surface area (Å²) in [5.74, 6) is 1.19. The van der Waals surface area contributed by atoms with Crippen LogP contribution in [-0.2, 0) is 0 Å². The van der Waals surface area contributed by atoms with Crippen LogP contribution < -0.4 is 5.32 Å². The Morgan fingerprint density at radius 2 is 2.06 bits per heavy atom. The predicted octanol–water partition coefficient (Wildman–Crippen LogP) is 4.04. The fourth-order valence-electron chi connectivity index (χ4n) is 1.92. The van der Waals surface area contributed by atoms with E-state index in [0.29, 0.717) is 6.04 Å². The number of H-pyrrole nitrogens is 1. The molecular weight excluding hydrogens is 240 g/mol. The third-order valence-corrected chi connectivity index (χ3v) is 3.91.